The monoisotopic (exact) mass is 390 g/mol. The molecule has 0 atom stereocenters. The molecule has 0 saturated heterocycles. The van der Waals surface area contributed by atoms with E-state index in [0.29, 0.717) is 30.5 Å². The third-order valence-corrected chi connectivity index (χ3v) is 6.19. The predicted molar refractivity (Wildman–Crippen MR) is 98.1 cm³/mol. The molecular weight excluding hydrogens is 372 g/mol. The van der Waals surface area contributed by atoms with E-state index < -0.39 is 21.3 Å². The van der Waals surface area contributed by atoms with Crippen LogP contribution in [0, 0.1) is 0 Å². The number of H-pyrrole nitrogens is 1. The van der Waals surface area contributed by atoms with Crippen LogP contribution in [0.5, 0.6) is 5.75 Å². The predicted octanol–water partition coefficient (Wildman–Crippen LogP) is 1.65. The Kier molecular flexibility index (Phi) is 4.88. The minimum absolute atomic E-state index is 0.0624. The summed E-state index contributed by atoms with van der Waals surface area (Å²) in [7, 11) is -3.54. The second-order valence-electron chi connectivity index (χ2n) is 6.22. The number of aromatic hydroxyl groups is 1. The van der Waals surface area contributed by atoms with Crippen LogP contribution in [0.1, 0.15) is 46.2 Å². The number of Topliss-reactive ketones (excluding diaryl/α,β-unsaturated/α-hetero) is 1. The molecule has 142 valence electrons. The van der Waals surface area contributed by atoms with E-state index in [1.54, 1.807) is 0 Å². The molecular formula is C18H18N2O6S. The Labute approximate surface area is 155 Å². The molecule has 1 aliphatic rings. The number of aromatic amines is 1. The largest absolute Gasteiger partial charge is 0.506 e. The zero-order valence-electron chi connectivity index (χ0n) is 14.5. The topological polar surface area (TPSA) is 133 Å². The molecule has 1 aromatic carbocycles. The van der Waals surface area contributed by atoms with Crippen molar-refractivity contribution in [3.8, 4) is 5.75 Å². The Morgan fingerprint density at radius 1 is 1.22 bits per heavy atom. The van der Waals surface area contributed by atoms with Gasteiger partial charge in [-0.15, -0.1) is 0 Å². The van der Waals surface area contributed by atoms with Gasteiger partial charge in [-0.1, -0.05) is 6.92 Å². The third kappa shape index (κ3) is 3.63. The highest BCUT2D eigenvalue weighted by atomic mass is 32.2. The number of carbonyl (C=O) groups excluding carboxylic acids is 2. The average molecular weight is 390 g/mol. The minimum Gasteiger partial charge on any atom is -0.506 e. The van der Waals surface area contributed by atoms with Crippen molar-refractivity contribution >= 4 is 27.2 Å². The Morgan fingerprint density at radius 2 is 1.96 bits per heavy atom. The first kappa shape index (κ1) is 18.8. The van der Waals surface area contributed by atoms with Gasteiger partial charge in [0.2, 0.25) is 0 Å². The maximum absolute atomic E-state index is 12.5. The van der Waals surface area contributed by atoms with Gasteiger partial charge in [0.25, 0.3) is 11.5 Å². The summed E-state index contributed by atoms with van der Waals surface area (Å²) in [5.41, 5.74) is -0.271. The first-order valence-electron chi connectivity index (χ1n) is 8.39. The fraction of sp³-hybridized carbons (Fsp3) is 0.278. The fourth-order valence-corrected chi connectivity index (χ4v) is 3.81. The average Bonchev–Trinajstić information content (AvgIpc) is 2.63. The van der Waals surface area contributed by atoms with E-state index in [9.17, 15) is 27.9 Å². The van der Waals surface area contributed by atoms with Crippen molar-refractivity contribution in [2.24, 2.45) is 0 Å². The summed E-state index contributed by atoms with van der Waals surface area (Å²) < 4.78 is 24.0. The molecule has 8 nitrogen and oxygen atoms in total. The van der Waals surface area contributed by atoms with Crippen LogP contribution in [0.3, 0.4) is 0 Å². The third-order valence-electron chi connectivity index (χ3n) is 4.45. The number of aromatic nitrogens is 1. The van der Waals surface area contributed by atoms with Gasteiger partial charge in [0, 0.05) is 17.7 Å². The molecule has 9 heteroatoms. The smallest absolute Gasteiger partial charge is 0.261 e. The molecule has 1 amide bonds. The SMILES string of the molecule is CCS(=O)(=O)c1ccc(O)c(NC(=O)c2cc3c([nH]c2=O)CCCC3=O)c1. The molecule has 0 saturated carbocycles. The quantitative estimate of drug-likeness (QED) is 0.680. The lowest BCUT2D eigenvalue weighted by Crippen LogP contribution is -2.27. The van der Waals surface area contributed by atoms with Gasteiger partial charge in [-0.3, -0.25) is 14.4 Å². The summed E-state index contributed by atoms with van der Waals surface area (Å²) in [6.45, 7) is 1.48. The molecule has 0 aliphatic heterocycles. The number of hydrogen-bond donors (Lipinski definition) is 3. The number of aryl methyl sites for hydroxylation is 1. The standard InChI is InChI=1S/C18H18N2O6S/c1-2-27(25,26)10-6-7-16(22)14(8-10)20-18(24)12-9-11-13(19-17(12)23)4-3-5-15(11)21/h6-9,22H,2-5H2,1H3,(H,19,23)(H,20,24). The molecule has 1 aliphatic carbocycles. The summed E-state index contributed by atoms with van der Waals surface area (Å²) in [6.07, 6.45) is 1.54. The number of ketones is 1. The summed E-state index contributed by atoms with van der Waals surface area (Å²) in [5, 5.41) is 12.3. The lowest BCUT2D eigenvalue weighted by Gasteiger charge is -2.15. The van der Waals surface area contributed by atoms with Crippen molar-refractivity contribution in [2.75, 3.05) is 11.1 Å². The lowest BCUT2D eigenvalue weighted by atomic mass is 9.93. The summed E-state index contributed by atoms with van der Waals surface area (Å²) in [4.78, 5) is 39.2. The summed E-state index contributed by atoms with van der Waals surface area (Å²) in [5.74, 6) is -1.49. The van der Waals surface area contributed by atoms with Crippen molar-refractivity contribution in [1.29, 1.82) is 0 Å². The van der Waals surface area contributed by atoms with Crippen LogP contribution in [-0.2, 0) is 16.3 Å². The molecule has 0 unspecified atom stereocenters. The number of fused-ring (bicyclic) bond motifs is 1. The number of pyridine rings is 1. The number of benzene rings is 1. The number of amides is 1. The highest BCUT2D eigenvalue weighted by Crippen LogP contribution is 2.27. The molecule has 3 N–H and O–H groups in total. The van der Waals surface area contributed by atoms with E-state index in [2.05, 4.69) is 10.3 Å². The van der Waals surface area contributed by atoms with Gasteiger partial charge in [-0.05, 0) is 37.1 Å². The van der Waals surface area contributed by atoms with Crippen LogP contribution in [0.4, 0.5) is 5.69 Å². The van der Waals surface area contributed by atoms with E-state index in [1.165, 1.54) is 19.1 Å². The maximum Gasteiger partial charge on any atom is 0.261 e. The molecule has 3 rings (SSSR count). The Morgan fingerprint density at radius 3 is 2.67 bits per heavy atom. The number of anilines is 1. The zero-order valence-corrected chi connectivity index (χ0v) is 15.4. The fourth-order valence-electron chi connectivity index (χ4n) is 2.91. The highest BCUT2D eigenvalue weighted by molar-refractivity contribution is 7.91. The molecule has 1 aromatic heterocycles. The van der Waals surface area contributed by atoms with Gasteiger partial charge in [-0.2, -0.15) is 0 Å². The van der Waals surface area contributed by atoms with Gasteiger partial charge in [0.1, 0.15) is 11.3 Å². The van der Waals surface area contributed by atoms with Crippen molar-refractivity contribution < 1.29 is 23.1 Å². The van der Waals surface area contributed by atoms with Crippen LogP contribution in [0.25, 0.3) is 0 Å². The van der Waals surface area contributed by atoms with Crippen LogP contribution >= 0.6 is 0 Å². The number of phenolic OH excluding ortho intramolecular Hbond substituents is 1. The van der Waals surface area contributed by atoms with E-state index in [0.717, 1.165) is 12.1 Å². The second-order valence-corrected chi connectivity index (χ2v) is 8.50. The van der Waals surface area contributed by atoms with Crippen LogP contribution in [0.2, 0.25) is 0 Å². The number of carbonyl (C=O) groups is 2. The maximum atomic E-state index is 12.5. The molecule has 2 aromatic rings. The van der Waals surface area contributed by atoms with E-state index in [-0.39, 0.29) is 33.4 Å². The van der Waals surface area contributed by atoms with Crippen LogP contribution in [0.15, 0.2) is 34.0 Å². The van der Waals surface area contributed by atoms with Gasteiger partial charge in [-0.25, -0.2) is 8.42 Å². The van der Waals surface area contributed by atoms with E-state index in [1.807, 2.05) is 0 Å². The van der Waals surface area contributed by atoms with Crippen molar-refractivity contribution in [1.82, 2.24) is 4.98 Å². The number of nitrogens with one attached hydrogen (secondary N) is 2. The lowest BCUT2D eigenvalue weighted by molar-refractivity contribution is 0.0971. The number of rotatable bonds is 4. The molecule has 27 heavy (non-hydrogen) atoms. The van der Waals surface area contributed by atoms with Crippen LogP contribution in [-0.4, -0.2) is 36.0 Å². The Bertz CT molecular complexity index is 1100. The van der Waals surface area contributed by atoms with Crippen LogP contribution < -0.4 is 10.9 Å². The van der Waals surface area contributed by atoms with Gasteiger partial charge >= 0.3 is 0 Å². The minimum atomic E-state index is -3.54. The first-order valence-corrected chi connectivity index (χ1v) is 10.0. The van der Waals surface area contributed by atoms with E-state index in [4.69, 9.17) is 0 Å². The van der Waals surface area contributed by atoms with Gasteiger partial charge < -0.3 is 15.4 Å². The van der Waals surface area contributed by atoms with Gasteiger partial charge in [0.15, 0.2) is 15.6 Å². The Hall–Kier alpha value is -2.94. The molecule has 0 radical (unpaired) electrons. The number of sulfone groups is 1. The molecule has 0 fully saturated rings. The highest BCUT2D eigenvalue weighted by Gasteiger charge is 2.23. The molecule has 0 spiro atoms. The summed E-state index contributed by atoms with van der Waals surface area (Å²) >= 11 is 0. The van der Waals surface area contributed by atoms with Crippen molar-refractivity contribution in [3.63, 3.8) is 0 Å². The number of phenols is 1. The molecule has 1 heterocycles. The van der Waals surface area contributed by atoms with Gasteiger partial charge in [0.05, 0.1) is 16.3 Å². The first-order chi connectivity index (χ1) is 12.7. The second kappa shape index (κ2) is 6.99. The normalized spacial score (nSPS) is 13.9. The molecule has 0 bridgehead atoms. The van der Waals surface area contributed by atoms with Crippen molar-refractivity contribution in [3.05, 3.63) is 51.4 Å². The van der Waals surface area contributed by atoms with E-state index >= 15 is 0 Å². The summed E-state index contributed by atoms with van der Waals surface area (Å²) in [6, 6.07) is 4.76. The Balaban J connectivity index is 1.97. The van der Waals surface area contributed by atoms with Crippen molar-refractivity contribution in [2.45, 2.75) is 31.1 Å². The zero-order chi connectivity index (χ0) is 19.8. The number of hydrogen-bond acceptors (Lipinski definition) is 6.